The SMILES string of the molecule is C=CC[C@@H](C=O)NC(=O)c1ccccc1COCCCOC. The monoisotopic (exact) mass is 305 g/mol. The third-order valence-corrected chi connectivity index (χ3v) is 3.06. The van der Waals surface area contributed by atoms with Gasteiger partial charge in [-0.15, -0.1) is 6.58 Å². The van der Waals surface area contributed by atoms with Crippen LogP contribution in [0.15, 0.2) is 36.9 Å². The summed E-state index contributed by atoms with van der Waals surface area (Å²) < 4.78 is 10.5. The van der Waals surface area contributed by atoms with E-state index in [1.54, 1.807) is 25.3 Å². The van der Waals surface area contributed by atoms with E-state index >= 15 is 0 Å². The molecule has 0 aliphatic heterocycles. The molecule has 0 unspecified atom stereocenters. The maximum Gasteiger partial charge on any atom is 0.252 e. The Morgan fingerprint density at radius 3 is 2.82 bits per heavy atom. The lowest BCUT2D eigenvalue weighted by atomic mass is 10.1. The van der Waals surface area contributed by atoms with E-state index in [1.165, 1.54) is 0 Å². The molecule has 0 radical (unpaired) electrons. The van der Waals surface area contributed by atoms with Gasteiger partial charge in [-0.3, -0.25) is 4.79 Å². The Balaban J connectivity index is 2.63. The molecule has 0 fully saturated rings. The van der Waals surface area contributed by atoms with Gasteiger partial charge in [-0.1, -0.05) is 24.3 Å². The maximum absolute atomic E-state index is 12.3. The molecule has 0 saturated carbocycles. The number of rotatable bonds is 11. The number of nitrogens with one attached hydrogen (secondary N) is 1. The first kappa shape index (κ1) is 18.1. The number of benzene rings is 1. The zero-order valence-electron chi connectivity index (χ0n) is 12.9. The van der Waals surface area contributed by atoms with Gasteiger partial charge < -0.3 is 19.6 Å². The highest BCUT2D eigenvalue weighted by molar-refractivity contribution is 5.97. The van der Waals surface area contributed by atoms with E-state index < -0.39 is 6.04 Å². The molecule has 1 amide bonds. The van der Waals surface area contributed by atoms with Crippen LogP contribution in [0.3, 0.4) is 0 Å². The summed E-state index contributed by atoms with van der Waals surface area (Å²) in [5, 5.41) is 2.68. The van der Waals surface area contributed by atoms with Crippen molar-refractivity contribution in [1.82, 2.24) is 5.32 Å². The van der Waals surface area contributed by atoms with E-state index in [0.29, 0.717) is 38.1 Å². The lowest BCUT2D eigenvalue weighted by Gasteiger charge is -2.13. The standard InChI is InChI=1S/C17H23NO4/c1-3-7-15(12-19)18-17(20)16-9-5-4-8-14(16)13-22-11-6-10-21-2/h3-5,8-9,12,15H,1,6-7,10-11,13H2,2H3,(H,18,20)/t15-/m0/s1. The van der Waals surface area contributed by atoms with Crippen molar-refractivity contribution in [2.45, 2.75) is 25.5 Å². The van der Waals surface area contributed by atoms with Gasteiger partial charge in [0.1, 0.15) is 6.29 Å². The number of hydrogen-bond donors (Lipinski definition) is 1. The zero-order valence-corrected chi connectivity index (χ0v) is 12.9. The second kappa shape index (κ2) is 10.7. The molecule has 0 heterocycles. The normalized spacial score (nSPS) is 11.7. The van der Waals surface area contributed by atoms with Gasteiger partial charge in [-0.05, 0) is 24.5 Å². The number of methoxy groups -OCH3 is 1. The summed E-state index contributed by atoms with van der Waals surface area (Å²) in [6.45, 7) is 5.13. The largest absolute Gasteiger partial charge is 0.385 e. The van der Waals surface area contributed by atoms with Gasteiger partial charge in [0.15, 0.2) is 0 Å². The van der Waals surface area contributed by atoms with Crippen molar-refractivity contribution in [3.63, 3.8) is 0 Å². The molecule has 22 heavy (non-hydrogen) atoms. The molecule has 0 spiro atoms. The summed E-state index contributed by atoms with van der Waals surface area (Å²) in [5.74, 6) is -0.282. The molecule has 1 rings (SSSR count). The molecule has 1 atom stereocenters. The minimum absolute atomic E-state index is 0.282. The van der Waals surface area contributed by atoms with Crippen LogP contribution in [0, 0.1) is 0 Å². The van der Waals surface area contributed by atoms with Gasteiger partial charge in [-0.2, -0.15) is 0 Å². The van der Waals surface area contributed by atoms with Crippen molar-refractivity contribution in [3.8, 4) is 0 Å². The molecule has 5 nitrogen and oxygen atoms in total. The van der Waals surface area contributed by atoms with E-state index in [-0.39, 0.29) is 5.91 Å². The van der Waals surface area contributed by atoms with Crippen LogP contribution >= 0.6 is 0 Å². The number of ether oxygens (including phenoxy) is 2. The first-order valence-electron chi connectivity index (χ1n) is 7.24. The van der Waals surface area contributed by atoms with Crippen LogP contribution in [0.2, 0.25) is 0 Å². The Morgan fingerprint density at radius 1 is 1.36 bits per heavy atom. The topological polar surface area (TPSA) is 64.6 Å². The highest BCUT2D eigenvalue weighted by Crippen LogP contribution is 2.11. The molecule has 0 aliphatic rings. The van der Waals surface area contributed by atoms with E-state index in [0.717, 1.165) is 12.0 Å². The summed E-state index contributed by atoms with van der Waals surface area (Å²) in [6.07, 6.45) is 3.52. The Kier molecular flexibility index (Phi) is 8.79. The van der Waals surface area contributed by atoms with Gasteiger partial charge in [0.2, 0.25) is 0 Å². The minimum atomic E-state index is -0.555. The smallest absolute Gasteiger partial charge is 0.252 e. The van der Waals surface area contributed by atoms with Crippen molar-refractivity contribution < 1.29 is 19.1 Å². The molecule has 1 N–H and O–H groups in total. The second-order valence-electron chi connectivity index (χ2n) is 4.80. The number of amides is 1. The predicted octanol–water partition coefficient (Wildman–Crippen LogP) is 2.11. The second-order valence-corrected chi connectivity index (χ2v) is 4.80. The summed E-state index contributed by atoms with van der Waals surface area (Å²) >= 11 is 0. The molecular formula is C17H23NO4. The first-order chi connectivity index (χ1) is 10.7. The van der Waals surface area contributed by atoms with Crippen LogP contribution in [-0.2, 0) is 20.9 Å². The summed E-state index contributed by atoms with van der Waals surface area (Å²) in [5.41, 5.74) is 1.31. The molecular weight excluding hydrogens is 282 g/mol. The van der Waals surface area contributed by atoms with Gasteiger partial charge in [0, 0.05) is 25.9 Å². The van der Waals surface area contributed by atoms with Crippen LogP contribution in [0.25, 0.3) is 0 Å². The maximum atomic E-state index is 12.3. The zero-order chi connectivity index (χ0) is 16.2. The van der Waals surface area contributed by atoms with E-state index in [2.05, 4.69) is 11.9 Å². The fraction of sp³-hybridized carbons (Fsp3) is 0.412. The summed E-state index contributed by atoms with van der Waals surface area (Å²) in [6, 6.07) is 6.65. The minimum Gasteiger partial charge on any atom is -0.385 e. The summed E-state index contributed by atoms with van der Waals surface area (Å²) in [4.78, 5) is 23.2. The molecule has 0 saturated heterocycles. The van der Waals surface area contributed by atoms with E-state index in [4.69, 9.17) is 9.47 Å². The average Bonchev–Trinajstić information content (AvgIpc) is 2.54. The Labute approximate surface area is 131 Å². The fourth-order valence-electron chi connectivity index (χ4n) is 1.93. The van der Waals surface area contributed by atoms with Crippen LogP contribution in [0.1, 0.15) is 28.8 Å². The number of carbonyl (C=O) groups is 2. The van der Waals surface area contributed by atoms with E-state index in [1.807, 2.05) is 12.1 Å². The lowest BCUT2D eigenvalue weighted by molar-refractivity contribution is -0.109. The van der Waals surface area contributed by atoms with Gasteiger partial charge in [-0.25, -0.2) is 0 Å². The van der Waals surface area contributed by atoms with Crippen molar-refractivity contribution in [3.05, 3.63) is 48.0 Å². The van der Waals surface area contributed by atoms with Crippen LogP contribution in [0.4, 0.5) is 0 Å². The number of aldehydes is 1. The average molecular weight is 305 g/mol. The molecule has 1 aromatic carbocycles. The molecule has 0 aromatic heterocycles. The van der Waals surface area contributed by atoms with Crippen LogP contribution < -0.4 is 5.32 Å². The number of hydrogen-bond acceptors (Lipinski definition) is 4. The third-order valence-electron chi connectivity index (χ3n) is 3.06. The molecule has 5 heteroatoms. The lowest BCUT2D eigenvalue weighted by Crippen LogP contribution is -2.36. The predicted molar refractivity (Wildman–Crippen MR) is 84.7 cm³/mol. The number of carbonyl (C=O) groups excluding carboxylic acids is 2. The van der Waals surface area contributed by atoms with Crippen LogP contribution in [-0.4, -0.2) is 38.6 Å². The third kappa shape index (κ3) is 6.20. The van der Waals surface area contributed by atoms with Crippen molar-refractivity contribution >= 4 is 12.2 Å². The summed E-state index contributed by atoms with van der Waals surface area (Å²) in [7, 11) is 1.65. The Bertz CT molecular complexity index is 487. The Hall–Kier alpha value is -1.98. The van der Waals surface area contributed by atoms with E-state index in [9.17, 15) is 9.59 Å². The Morgan fingerprint density at radius 2 is 2.14 bits per heavy atom. The highest BCUT2D eigenvalue weighted by atomic mass is 16.5. The highest BCUT2D eigenvalue weighted by Gasteiger charge is 2.14. The van der Waals surface area contributed by atoms with Crippen molar-refractivity contribution in [2.24, 2.45) is 0 Å². The van der Waals surface area contributed by atoms with Gasteiger partial charge in [0.25, 0.3) is 5.91 Å². The van der Waals surface area contributed by atoms with Gasteiger partial charge in [0.05, 0.1) is 12.6 Å². The first-order valence-corrected chi connectivity index (χ1v) is 7.24. The van der Waals surface area contributed by atoms with Gasteiger partial charge >= 0.3 is 0 Å². The van der Waals surface area contributed by atoms with Crippen LogP contribution in [0.5, 0.6) is 0 Å². The molecule has 120 valence electrons. The molecule has 0 bridgehead atoms. The quantitative estimate of drug-likeness (QED) is 0.386. The molecule has 0 aliphatic carbocycles. The van der Waals surface area contributed by atoms with Crippen molar-refractivity contribution in [1.29, 1.82) is 0 Å². The molecule has 1 aromatic rings. The van der Waals surface area contributed by atoms with Crippen molar-refractivity contribution in [2.75, 3.05) is 20.3 Å². The fourth-order valence-corrected chi connectivity index (χ4v) is 1.93.